The van der Waals surface area contributed by atoms with E-state index in [0.717, 1.165) is 18.7 Å². The molecular formula is C31H34Cl2N6. The molecule has 0 saturated carbocycles. The number of nitrogens with zero attached hydrogens (tertiary/aromatic N) is 4. The van der Waals surface area contributed by atoms with Crippen LogP contribution in [0.3, 0.4) is 0 Å². The Bertz CT molecular complexity index is 1380. The molecule has 0 atom stereocenters. The Morgan fingerprint density at radius 1 is 0.718 bits per heavy atom. The van der Waals surface area contributed by atoms with Gasteiger partial charge >= 0.3 is 0 Å². The van der Waals surface area contributed by atoms with E-state index in [-0.39, 0.29) is 30.6 Å². The maximum atomic E-state index is 5.64. The van der Waals surface area contributed by atoms with Crippen LogP contribution in [-0.4, -0.2) is 30.5 Å². The lowest BCUT2D eigenvalue weighted by atomic mass is 9.93. The van der Waals surface area contributed by atoms with Crippen molar-refractivity contribution in [1.29, 1.82) is 0 Å². The molecule has 0 amide bonds. The summed E-state index contributed by atoms with van der Waals surface area (Å²) < 4.78 is 0. The highest BCUT2D eigenvalue weighted by Gasteiger charge is 2.13. The van der Waals surface area contributed by atoms with Gasteiger partial charge in [0, 0.05) is 6.54 Å². The fourth-order valence-electron chi connectivity index (χ4n) is 3.96. The maximum Gasteiger partial charge on any atom is 0.153 e. The van der Waals surface area contributed by atoms with Crippen molar-refractivity contribution < 1.29 is 0 Å². The Morgan fingerprint density at radius 2 is 1.28 bits per heavy atom. The maximum absolute atomic E-state index is 5.64. The monoisotopic (exact) mass is 560 g/mol. The highest BCUT2D eigenvalue weighted by atomic mass is 35.5. The standard InChI is InChI=1S/C20H21N.C11H11N5.2ClH/c1-21(2)15-7-12-20-18-10-5-3-8-16(18)13-14-17-9-4-6-11-19(17)20;12-10-7-6-9(11(13)14-10)16-15-8-4-2-1-3-5-8;;/h3-6,8-14H,7,15H2,1-2H3;1-7H,(H4,12,13,14);2*1H. The van der Waals surface area contributed by atoms with Gasteiger partial charge in [-0.05, 0) is 72.6 Å². The largest absolute Gasteiger partial charge is 0.384 e. The minimum Gasteiger partial charge on any atom is -0.384 e. The number of anilines is 2. The number of halogens is 2. The van der Waals surface area contributed by atoms with E-state index in [0.29, 0.717) is 11.5 Å². The van der Waals surface area contributed by atoms with Crippen molar-refractivity contribution in [3.63, 3.8) is 0 Å². The van der Waals surface area contributed by atoms with Crippen molar-refractivity contribution in [2.45, 2.75) is 6.42 Å². The number of rotatable bonds is 5. The van der Waals surface area contributed by atoms with Gasteiger partial charge in [-0.3, -0.25) is 0 Å². The van der Waals surface area contributed by atoms with Crippen molar-refractivity contribution in [3.8, 4) is 0 Å². The van der Waals surface area contributed by atoms with Crippen LogP contribution >= 0.6 is 24.8 Å². The van der Waals surface area contributed by atoms with Crippen LogP contribution in [0.5, 0.6) is 0 Å². The minimum absolute atomic E-state index is 0. The summed E-state index contributed by atoms with van der Waals surface area (Å²) in [7, 11) is 4.24. The number of hydrogen-bond acceptors (Lipinski definition) is 6. The summed E-state index contributed by atoms with van der Waals surface area (Å²) in [5.74, 6) is 0.649. The molecule has 0 saturated heterocycles. The predicted molar refractivity (Wildman–Crippen MR) is 170 cm³/mol. The van der Waals surface area contributed by atoms with Gasteiger partial charge in [0.25, 0.3) is 0 Å². The minimum atomic E-state index is 0. The zero-order valence-electron chi connectivity index (χ0n) is 22.1. The number of benzene rings is 3. The van der Waals surface area contributed by atoms with Gasteiger partial charge in [0.05, 0.1) is 5.69 Å². The van der Waals surface area contributed by atoms with Crippen LogP contribution in [-0.2, 0) is 0 Å². The Kier molecular flexibility index (Phi) is 12.4. The molecule has 6 nitrogen and oxygen atoms in total. The van der Waals surface area contributed by atoms with Crippen molar-refractivity contribution in [1.82, 2.24) is 9.88 Å². The molecule has 4 aromatic rings. The van der Waals surface area contributed by atoms with Crippen LogP contribution in [0.4, 0.5) is 23.0 Å². The molecule has 8 heteroatoms. The second-order valence-corrected chi connectivity index (χ2v) is 8.89. The summed E-state index contributed by atoms with van der Waals surface area (Å²) in [4.78, 5) is 6.11. The van der Waals surface area contributed by atoms with E-state index in [4.69, 9.17) is 11.5 Å². The second kappa shape index (κ2) is 15.4. The molecule has 0 aliphatic heterocycles. The molecule has 1 heterocycles. The van der Waals surface area contributed by atoms with Gasteiger partial charge in [-0.25, -0.2) is 4.98 Å². The van der Waals surface area contributed by atoms with Crippen LogP contribution < -0.4 is 11.5 Å². The van der Waals surface area contributed by atoms with Gasteiger partial charge in [-0.15, -0.1) is 29.9 Å². The topological polar surface area (TPSA) is 92.9 Å². The van der Waals surface area contributed by atoms with E-state index < -0.39 is 0 Å². The van der Waals surface area contributed by atoms with Gasteiger partial charge in [0.1, 0.15) is 11.5 Å². The van der Waals surface area contributed by atoms with Gasteiger partial charge in [-0.1, -0.05) is 85.0 Å². The number of nitrogen functional groups attached to an aromatic ring is 2. The first-order valence-electron chi connectivity index (χ1n) is 12.2. The fourth-order valence-corrected chi connectivity index (χ4v) is 3.96. The molecule has 4 N–H and O–H groups in total. The number of nitrogens with two attached hydrogens (primary N) is 2. The molecule has 5 rings (SSSR count). The van der Waals surface area contributed by atoms with Crippen molar-refractivity contribution in [2.24, 2.45) is 10.2 Å². The first kappa shape index (κ1) is 31.2. The van der Waals surface area contributed by atoms with Crippen LogP contribution in [0.1, 0.15) is 28.7 Å². The first-order valence-corrected chi connectivity index (χ1v) is 12.2. The van der Waals surface area contributed by atoms with Crippen LogP contribution in [0.2, 0.25) is 0 Å². The summed E-state index contributed by atoms with van der Waals surface area (Å²) in [5.41, 5.74) is 19.0. The first-order chi connectivity index (χ1) is 18.0. The molecule has 0 spiro atoms. The zero-order chi connectivity index (χ0) is 26.0. The third-order valence-electron chi connectivity index (χ3n) is 5.82. The molecule has 1 aliphatic rings. The molecule has 1 aromatic heterocycles. The number of fused-ring (bicyclic) bond motifs is 2. The zero-order valence-corrected chi connectivity index (χ0v) is 23.7. The lowest BCUT2D eigenvalue weighted by molar-refractivity contribution is 0.417. The van der Waals surface area contributed by atoms with Crippen molar-refractivity contribution in [3.05, 3.63) is 119 Å². The van der Waals surface area contributed by atoms with E-state index in [1.54, 1.807) is 12.1 Å². The SMILES string of the molecule is CN(C)CCC=C1c2ccccc2C=Cc2ccccc21.Cl.Cl.Nc1ccc(N=Nc2ccccc2)c(N)n1. The van der Waals surface area contributed by atoms with Crippen LogP contribution in [0, 0.1) is 0 Å². The predicted octanol–water partition coefficient (Wildman–Crippen LogP) is 8.06. The number of aromatic nitrogens is 1. The highest BCUT2D eigenvalue weighted by molar-refractivity contribution is 5.93. The summed E-state index contributed by atoms with van der Waals surface area (Å²) in [5, 5.41) is 8.03. The Balaban J connectivity index is 0.000000269. The van der Waals surface area contributed by atoms with E-state index in [9.17, 15) is 0 Å². The smallest absolute Gasteiger partial charge is 0.153 e. The van der Waals surface area contributed by atoms with E-state index in [1.165, 1.54) is 27.8 Å². The van der Waals surface area contributed by atoms with E-state index in [1.807, 2.05) is 30.3 Å². The highest BCUT2D eigenvalue weighted by Crippen LogP contribution is 2.33. The van der Waals surface area contributed by atoms with E-state index >= 15 is 0 Å². The molecule has 0 fully saturated rings. The molecule has 1 aliphatic carbocycles. The lowest BCUT2D eigenvalue weighted by Gasteiger charge is -2.13. The average molecular weight is 562 g/mol. The molecule has 0 unspecified atom stereocenters. The van der Waals surface area contributed by atoms with Crippen molar-refractivity contribution >= 4 is 65.5 Å². The lowest BCUT2D eigenvalue weighted by Crippen LogP contribution is -2.12. The molecular weight excluding hydrogens is 527 g/mol. The Morgan fingerprint density at radius 3 is 1.85 bits per heavy atom. The van der Waals surface area contributed by atoms with Crippen LogP contribution in [0.15, 0.2) is 107 Å². The van der Waals surface area contributed by atoms with Gasteiger partial charge in [0.2, 0.25) is 0 Å². The Hall–Kier alpha value is -3.97. The normalized spacial score (nSPS) is 11.3. The Labute approximate surface area is 243 Å². The van der Waals surface area contributed by atoms with E-state index in [2.05, 4.69) is 101 Å². The molecule has 3 aromatic carbocycles. The van der Waals surface area contributed by atoms with Crippen LogP contribution in [0.25, 0.3) is 17.7 Å². The summed E-state index contributed by atoms with van der Waals surface area (Å²) in [6, 6.07) is 30.0. The molecule has 202 valence electrons. The third-order valence-corrected chi connectivity index (χ3v) is 5.82. The summed E-state index contributed by atoms with van der Waals surface area (Å²) >= 11 is 0. The van der Waals surface area contributed by atoms with Gasteiger partial charge < -0.3 is 16.4 Å². The average Bonchev–Trinajstić information content (AvgIpc) is 3.06. The van der Waals surface area contributed by atoms with Gasteiger partial charge in [0.15, 0.2) is 5.82 Å². The number of hydrogen-bond donors (Lipinski definition) is 2. The number of azo groups is 1. The molecule has 0 bridgehead atoms. The number of pyridine rings is 1. The quantitative estimate of drug-likeness (QED) is 0.212. The molecule has 0 radical (unpaired) electrons. The fraction of sp³-hybridized carbons (Fsp3) is 0.129. The van der Waals surface area contributed by atoms with Gasteiger partial charge in [-0.2, -0.15) is 5.11 Å². The van der Waals surface area contributed by atoms with Crippen molar-refractivity contribution in [2.75, 3.05) is 32.1 Å². The third kappa shape index (κ3) is 8.79. The summed E-state index contributed by atoms with van der Waals surface area (Å²) in [6.45, 7) is 1.07. The second-order valence-electron chi connectivity index (χ2n) is 8.89. The molecule has 39 heavy (non-hydrogen) atoms. The summed E-state index contributed by atoms with van der Waals surface area (Å²) in [6.07, 6.45) is 7.89.